The lowest BCUT2D eigenvalue weighted by Gasteiger charge is -2.40. The van der Waals surface area contributed by atoms with E-state index in [1.807, 2.05) is 10.7 Å². The highest BCUT2D eigenvalue weighted by Gasteiger charge is 2.40. The third-order valence-electron chi connectivity index (χ3n) is 5.91. The molecule has 0 N–H and O–H groups in total. The van der Waals surface area contributed by atoms with Gasteiger partial charge >= 0.3 is 0 Å². The van der Waals surface area contributed by atoms with Crippen molar-refractivity contribution in [2.24, 2.45) is 0 Å². The highest BCUT2D eigenvalue weighted by Crippen LogP contribution is 2.37. The number of aromatic nitrogens is 5. The summed E-state index contributed by atoms with van der Waals surface area (Å²) in [6, 6.07) is 11.2. The van der Waals surface area contributed by atoms with Crippen LogP contribution in [0.1, 0.15) is 35.8 Å². The second-order valence-corrected chi connectivity index (χ2v) is 7.70. The standard InChI is InChI=1S/C21H22N8/c1-15-3-2-4-16(11-15)29-14-19(25-26-29)20-6-5-17-13-27(9-10-28(17)20)21-18(12-22)23-7-8-24-21/h2-4,7-8,11,14,17,20H,5-6,9-10,13H2,1H3/t17-,20+/m1/s1. The van der Waals surface area contributed by atoms with Crippen molar-refractivity contribution in [1.29, 1.82) is 5.26 Å². The maximum Gasteiger partial charge on any atom is 0.183 e. The molecule has 146 valence electrons. The molecule has 0 radical (unpaired) electrons. The van der Waals surface area contributed by atoms with E-state index in [2.05, 4.69) is 67.5 Å². The number of anilines is 1. The Morgan fingerprint density at radius 3 is 2.90 bits per heavy atom. The number of fused-ring (bicyclic) bond motifs is 1. The molecule has 2 aromatic heterocycles. The van der Waals surface area contributed by atoms with Crippen LogP contribution in [-0.2, 0) is 0 Å². The van der Waals surface area contributed by atoms with Crippen LogP contribution in [-0.4, -0.2) is 55.5 Å². The lowest BCUT2D eigenvalue weighted by molar-refractivity contribution is 0.173. The van der Waals surface area contributed by atoms with Crippen molar-refractivity contribution in [1.82, 2.24) is 29.9 Å². The summed E-state index contributed by atoms with van der Waals surface area (Å²) < 4.78 is 1.87. The first kappa shape index (κ1) is 17.8. The average Bonchev–Trinajstić information content (AvgIpc) is 3.40. The molecule has 8 nitrogen and oxygen atoms in total. The monoisotopic (exact) mass is 386 g/mol. The maximum absolute atomic E-state index is 9.33. The van der Waals surface area contributed by atoms with Crippen LogP contribution >= 0.6 is 0 Å². The van der Waals surface area contributed by atoms with E-state index >= 15 is 0 Å². The van der Waals surface area contributed by atoms with E-state index in [1.165, 1.54) is 5.56 Å². The first-order valence-corrected chi connectivity index (χ1v) is 9.94. The molecule has 2 atom stereocenters. The normalized spacial score (nSPS) is 21.7. The molecule has 0 amide bonds. The third-order valence-corrected chi connectivity index (χ3v) is 5.91. The van der Waals surface area contributed by atoms with Crippen molar-refractivity contribution in [2.75, 3.05) is 24.5 Å². The predicted molar refractivity (Wildman–Crippen MR) is 108 cm³/mol. The number of rotatable bonds is 3. The van der Waals surface area contributed by atoms with Crippen molar-refractivity contribution in [2.45, 2.75) is 31.8 Å². The van der Waals surface area contributed by atoms with Gasteiger partial charge in [-0.2, -0.15) is 5.26 Å². The van der Waals surface area contributed by atoms with Crippen LogP contribution in [0, 0.1) is 18.3 Å². The van der Waals surface area contributed by atoms with E-state index in [4.69, 9.17) is 0 Å². The van der Waals surface area contributed by atoms with Crippen LogP contribution in [0.3, 0.4) is 0 Å². The molecule has 3 aromatic rings. The van der Waals surface area contributed by atoms with Crippen molar-refractivity contribution < 1.29 is 0 Å². The second-order valence-electron chi connectivity index (χ2n) is 7.70. The van der Waals surface area contributed by atoms with Crippen LogP contribution in [0.25, 0.3) is 5.69 Å². The molecule has 29 heavy (non-hydrogen) atoms. The summed E-state index contributed by atoms with van der Waals surface area (Å²) in [6.45, 7) is 4.67. The summed E-state index contributed by atoms with van der Waals surface area (Å²) in [6.07, 6.45) is 7.45. The number of benzene rings is 1. The van der Waals surface area contributed by atoms with Gasteiger partial charge < -0.3 is 4.90 Å². The predicted octanol–water partition coefficient (Wildman–Crippen LogP) is 2.26. The first-order valence-electron chi connectivity index (χ1n) is 9.94. The number of piperazine rings is 1. The van der Waals surface area contributed by atoms with Crippen LogP contribution in [0.15, 0.2) is 42.9 Å². The molecule has 8 heteroatoms. The van der Waals surface area contributed by atoms with Crippen molar-refractivity contribution in [3.63, 3.8) is 0 Å². The molecule has 5 rings (SSSR count). The van der Waals surface area contributed by atoms with Gasteiger partial charge in [-0.05, 0) is 37.5 Å². The zero-order valence-electron chi connectivity index (χ0n) is 16.3. The Kier molecular flexibility index (Phi) is 4.45. The molecule has 2 saturated heterocycles. The fraction of sp³-hybridized carbons (Fsp3) is 0.381. The highest BCUT2D eigenvalue weighted by atomic mass is 15.4. The Labute approximate surface area is 169 Å². The molecule has 0 unspecified atom stereocenters. The smallest absolute Gasteiger partial charge is 0.183 e. The van der Waals surface area contributed by atoms with Gasteiger partial charge in [0.25, 0.3) is 0 Å². The Balaban J connectivity index is 1.33. The van der Waals surface area contributed by atoms with E-state index in [9.17, 15) is 5.26 Å². The molecular formula is C21H22N8. The lowest BCUT2D eigenvalue weighted by Crippen LogP contribution is -2.51. The highest BCUT2D eigenvalue weighted by molar-refractivity contribution is 5.50. The number of nitriles is 1. The molecule has 0 spiro atoms. The van der Waals surface area contributed by atoms with E-state index in [0.29, 0.717) is 17.6 Å². The fourth-order valence-corrected chi connectivity index (χ4v) is 4.53. The molecule has 2 aliphatic heterocycles. The van der Waals surface area contributed by atoms with Gasteiger partial charge in [-0.15, -0.1) is 5.10 Å². The Bertz CT molecular complexity index is 1070. The van der Waals surface area contributed by atoms with Gasteiger partial charge in [0.2, 0.25) is 0 Å². The average molecular weight is 386 g/mol. The van der Waals surface area contributed by atoms with E-state index in [0.717, 1.165) is 43.9 Å². The quantitative estimate of drug-likeness (QED) is 0.682. The van der Waals surface area contributed by atoms with E-state index in [1.54, 1.807) is 12.4 Å². The number of aryl methyl sites for hydroxylation is 1. The second kappa shape index (κ2) is 7.26. The topological polar surface area (TPSA) is 86.8 Å². The lowest BCUT2D eigenvalue weighted by atomic mass is 10.1. The number of hydrogen-bond acceptors (Lipinski definition) is 7. The first-order chi connectivity index (χ1) is 14.2. The minimum atomic E-state index is 0.290. The number of hydrogen-bond donors (Lipinski definition) is 0. The third kappa shape index (κ3) is 3.23. The van der Waals surface area contributed by atoms with E-state index in [-0.39, 0.29) is 6.04 Å². The Hall–Kier alpha value is -3.31. The van der Waals surface area contributed by atoms with Crippen LogP contribution < -0.4 is 4.90 Å². The van der Waals surface area contributed by atoms with Gasteiger partial charge in [0.15, 0.2) is 11.5 Å². The zero-order chi connectivity index (χ0) is 19.8. The fourth-order valence-electron chi connectivity index (χ4n) is 4.53. The molecule has 1 aromatic carbocycles. The molecule has 0 aliphatic carbocycles. The maximum atomic E-state index is 9.33. The van der Waals surface area contributed by atoms with E-state index < -0.39 is 0 Å². The van der Waals surface area contributed by atoms with Crippen LogP contribution in [0.4, 0.5) is 5.82 Å². The Morgan fingerprint density at radius 2 is 2.03 bits per heavy atom. The summed E-state index contributed by atoms with van der Waals surface area (Å²) in [4.78, 5) is 13.3. The zero-order valence-corrected chi connectivity index (χ0v) is 16.3. The van der Waals surface area contributed by atoms with Gasteiger partial charge in [0, 0.05) is 38.1 Å². The van der Waals surface area contributed by atoms with Gasteiger partial charge in [0.1, 0.15) is 11.8 Å². The van der Waals surface area contributed by atoms with Crippen molar-refractivity contribution >= 4 is 5.82 Å². The largest absolute Gasteiger partial charge is 0.351 e. The summed E-state index contributed by atoms with van der Waals surface area (Å²) in [5.41, 5.74) is 3.67. The van der Waals surface area contributed by atoms with Crippen LogP contribution in [0.5, 0.6) is 0 Å². The van der Waals surface area contributed by atoms with Crippen molar-refractivity contribution in [3.8, 4) is 11.8 Å². The Morgan fingerprint density at radius 1 is 1.14 bits per heavy atom. The number of nitrogens with zero attached hydrogens (tertiary/aromatic N) is 8. The van der Waals surface area contributed by atoms with Crippen LogP contribution in [0.2, 0.25) is 0 Å². The molecule has 2 fully saturated rings. The molecule has 0 saturated carbocycles. The van der Waals surface area contributed by atoms with Gasteiger partial charge in [0.05, 0.1) is 17.9 Å². The molecule has 4 heterocycles. The molecule has 2 aliphatic rings. The van der Waals surface area contributed by atoms with Crippen molar-refractivity contribution in [3.05, 3.63) is 59.8 Å². The summed E-state index contributed by atoms with van der Waals surface area (Å²) >= 11 is 0. The van der Waals surface area contributed by atoms with Gasteiger partial charge in [-0.3, -0.25) is 4.90 Å². The summed E-state index contributed by atoms with van der Waals surface area (Å²) in [7, 11) is 0. The molecule has 0 bridgehead atoms. The van der Waals surface area contributed by atoms with Gasteiger partial charge in [-0.1, -0.05) is 17.3 Å². The SMILES string of the molecule is Cc1cccc(-n2cc([C@@H]3CC[C@@H]4CN(c5nccnc5C#N)CCN43)nn2)c1. The molecular weight excluding hydrogens is 364 g/mol. The minimum Gasteiger partial charge on any atom is -0.351 e. The summed E-state index contributed by atoms with van der Waals surface area (Å²) in [5.74, 6) is 0.698. The van der Waals surface area contributed by atoms with Gasteiger partial charge in [-0.25, -0.2) is 14.6 Å². The minimum absolute atomic E-state index is 0.290. The summed E-state index contributed by atoms with van der Waals surface area (Å²) in [5, 5.41) is 18.2.